The maximum Gasteiger partial charge on any atom is 0.158 e. The highest BCUT2D eigenvalue weighted by Gasteiger charge is 2.30. The highest BCUT2D eigenvalue weighted by Crippen LogP contribution is 2.40. The summed E-state index contributed by atoms with van der Waals surface area (Å²) in [4.78, 5) is 11.9. The van der Waals surface area contributed by atoms with Crippen molar-refractivity contribution in [2.75, 3.05) is 31.2 Å². The van der Waals surface area contributed by atoms with Gasteiger partial charge in [-0.3, -0.25) is 4.68 Å². The summed E-state index contributed by atoms with van der Waals surface area (Å²) in [5.41, 5.74) is 3.04. The summed E-state index contributed by atoms with van der Waals surface area (Å²) >= 11 is 0. The third kappa shape index (κ3) is 1.86. The molecule has 106 valence electrons. The fourth-order valence-corrected chi connectivity index (χ4v) is 2.85. The monoisotopic (exact) mass is 273 g/mol. The lowest BCUT2D eigenvalue weighted by molar-refractivity contribution is 0.122. The van der Waals surface area contributed by atoms with Crippen LogP contribution < -0.4 is 4.90 Å². The third-order valence-corrected chi connectivity index (χ3v) is 4.10. The Morgan fingerprint density at radius 1 is 1.15 bits per heavy atom. The number of ether oxygens (including phenoxy) is 1. The van der Waals surface area contributed by atoms with E-state index in [1.807, 2.05) is 18.7 Å². The van der Waals surface area contributed by atoms with Crippen LogP contribution in [0, 0.1) is 6.92 Å². The lowest BCUT2D eigenvalue weighted by Gasteiger charge is -2.28. The molecule has 1 saturated heterocycles. The van der Waals surface area contributed by atoms with Crippen molar-refractivity contribution < 1.29 is 4.74 Å². The van der Waals surface area contributed by atoms with E-state index >= 15 is 0 Å². The predicted molar refractivity (Wildman–Crippen MR) is 76.0 cm³/mol. The summed E-state index contributed by atoms with van der Waals surface area (Å²) in [7, 11) is 1.97. The maximum absolute atomic E-state index is 5.45. The van der Waals surface area contributed by atoms with Crippen LogP contribution in [0.25, 0.3) is 11.0 Å². The molecule has 3 heterocycles. The van der Waals surface area contributed by atoms with E-state index in [2.05, 4.69) is 10.00 Å². The van der Waals surface area contributed by atoms with Gasteiger partial charge in [-0.15, -0.1) is 0 Å². The normalized spacial score (nSPS) is 19.8. The molecule has 0 spiro atoms. The van der Waals surface area contributed by atoms with Crippen LogP contribution in [0.1, 0.15) is 30.3 Å². The quantitative estimate of drug-likeness (QED) is 0.827. The molecule has 0 aromatic carbocycles. The zero-order valence-electron chi connectivity index (χ0n) is 12.0. The number of anilines is 1. The van der Waals surface area contributed by atoms with E-state index < -0.39 is 0 Å². The Morgan fingerprint density at radius 3 is 2.60 bits per heavy atom. The molecule has 6 nitrogen and oxygen atoms in total. The minimum atomic E-state index is 0.554. The van der Waals surface area contributed by atoms with Crippen LogP contribution in [0.4, 0.5) is 5.82 Å². The molecule has 2 aromatic rings. The number of aromatic nitrogens is 4. The Hall–Kier alpha value is -1.69. The Balaban J connectivity index is 1.91. The molecule has 6 heteroatoms. The molecular formula is C14H19N5O. The first-order valence-electron chi connectivity index (χ1n) is 7.28. The van der Waals surface area contributed by atoms with Gasteiger partial charge in [0.25, 0.3) is 0 Å². The molecule has 2 aromatic heterocycles. The van der Waals surface area contributed by atoms with Gasteiger partial charge in [-0.05, 0) is 19.8 Å². The molecule has 1 aliphatic heterocycles. The van der Waals surface area contributed by atoms with Gasteiger partial charge in [0.15, 0.2) is 5.82 Å². The van der Waals surface area contributed by atoms with Crippen LogP contribution in [0.2, 0.25) is 0 Å². The molecule has 0 N–H and O–H groups in total. The summed E-state index contributed by atoms with van der Waals surface area (Å²) < 4.78 is 7.36. The first kappa shape index (κ1) is 12.1. The molecule has 2 fully saturated rings. The van der Waals surface area contributed by atoms with Crippen LogP contribution in [0.15, 0.2) is 0 Å². The maximum atomic E-state index is 5.45. The molecule has 0 atom stereocenters. The lowest BCUT2D eigenvalue weighted by Crippen LogP contribution is -2.37. The smallest absolute Gasteiger partial charge is 0.158 e. The fraction of sp³-hybridized carbons (Fsp3) is 0.643. The van der Waals surface area contributed by atoms with Gasteiger partial charge >= 0.3 is 0 Å². The lowest BCUT2D eigenvalue weighted by atomic mass is 10.3. The molecule has 20 heavy (non-hydrogen) atoms. The topological polar surface area (TPSA) is 56.1 Å². The average molecular weight is 273 g/mol. The summed E-state index contributed by atoms with van der Waals surface area (Å²) in [6.07, 6.45) is 2.43. The Labute approximate surface area is 117 Å². The SMILES string of the molecule is Cc1nn(C)c2c(N3CCOCC3)nc(C3CC3)nc12. The van der Waals surface area contributed by atoms with E-state index in [-0.39, 0.29) is 0 Å². The largest absolute Gasteiger partial charge is 0.378 e. The van der Waals surface area contributed by atoms with Crippen molar-refractivity contribution in [2.45, 2.75) is 25.7 Å². The number of hydrogen-bond acceptors (Lipinski definition) is 5. The second kappa shape index (κ2) is 4.41. The highest BCUT2D eigenvalue weighted by atomic mass is 16.5. The van der Waals surface area contributed by atoms with Gasteiger partial charge in [0.2, 0.25) is 0 Å². The summed E-state index contributed by atoms with van der Waals surface area (Å²) in [6, 6.07) is 0. The van der Waals surface area contributed by atoms with E-state index in [0.29, 0.717) is 5.92 Å². The molecule has 0 unspecified atom stereocenters. The van der Waals surface area contributed by atoms with Crippen LogP contribution in [-0.2, 0) is 11.8 Å². The van der Waals surface area contributed by atoms with Crippen molar-refractivity contribution in [1.82, 2.24) is 19.7 Å². The number of morpholine rings is 1. The standard InChI is InChI=1S/C14H19N5O/c1-9-11-12(18(2)17-9)14(19-5-7-20-8-6-19)16-13(15-11)10-3-4-10/h10H,3-8H2,1-2H3. The van der Waals surface area contributed by atoms with Gasteiger partial charge in [0, 0.05) is 26.1 Å². The summed E-state index contributed by atoms with van der Waals surface area (Å²) in [5, 5.41) is 4.52. The molecule has 1 aliphatic carbocycles. The van der Waals surface area contributed by atoms with Gasteiger partial charge in [-0.25, -0.2) is 9.97 Å². The van der Waals surface area contributed by atoms with Crippen molar-refractivity contribution in [3.8, 4) is 0 Å². The number of rotatable bonds is 2. The number of aryl methyl sites for hydroxylation is 2. The first-order valence-corrected chi connectivity index (χ1v) is 7.28. The van der Waals surface area contributed by atoms with E-state index in [1.54, 1.807) is 0 Å². The highest BCUT2D eigenvalue weighted by molar-refractivity contribution is 5.88. The summed E-state index contributed by atoms with van der Waals surface area (Å²) in [5.74, 6) is 2.58. The van der Waals surface area contributed by atoms with Crippen LogP contribution in [-0.4, -0.2) is 46.1 Å². The first-order chi connectivity index (χ1) is 9.74. The minimum Gasteiger partial charge on any atom is -0.378 e. The molecule has 4 rings (SSSR count). The zero-order chi connectivity index (χ0) is 13.7. The van der Waals surface area contributed by atoms with Gasteiger partial charge in [-0.2, -0.15) is 5.10 Å². The Kier molecular flexibility index (Phi) is 2.66. The number of hydrogen-bond donors (Lipinski definition) is 0. The van der Waals surface area contributed by atoms with Crippen molar-refractivity contribution >= 4 is 16.9 Å². The third-order valence-electron chi connectivity index (χ3n) is 4.10. The van der Waals surface area contributed by atoms with Crippen LogP contribution in [0.3, 0.4) is 0 Å². The summed E-state index contributed by atoms with van der Waals surface area (Å²) in [6.45, 7) is 5.33. The van der Waals surface area contributed by atoms with E-state index in [1.165, 1.54) is 12.8 Å². The second-order valence-electron chi connectivity index (χ2n) is 5.69. The van der Waals surface area contributed by atoms with Crippen LogP contribution in [0.5, 0.6) is 0 Å². The molecule has 0 radical (unpaired) electrons. The van der Waals surface area contributed by atoms with Gasteiger partial charge in [-0.1, -0.05) is 0 Å². The van der Waals surface area contributed by atoms with Gasteiger partial charge in [0.05, 0.1) is 18.9 Å². The molecule has 1 saturated carbocycles. The van der Waals surface area contributed by atoms with Crippen molar-refractivity contribution in [3.63, 3.8) is 0 Å². The van der Waals surface area contributed by atoms with E-state index in [9.17, 15) is 0 Å². The van der Waals surface area contributed by atoms with Crippen LogP contribution >= 0.6 is 0 Å². The van der Waals surface area contributed by atoms with Gasteiger partial charge < -0.3 is 9.64 Å². The molecule has 0 bridgehead atoms. The predicted octanol–water partition coefficient (Wildman–Crippen LogP) is 1.39. The Morgan fingerprint density at radius 2 is 1.90 bits per heavy atom. The zero-order valence-corrected chi connectivity index (χ0v) is 12.0. The van der Waals surface area contributed by atoms with Gasteiger partial charge in [0.1, 0.15) is 16.9 Å². The van der Waals surface area contributed by atoms with E-state index in [4.69, 9.17) is 14.7 Å². The second-order valence-corrected chi connectivity index (χ2v) is 5.69. The fourth-order valence-electron chi connectivity index (χ4n) is 2.85. The average Bonchev–Trinajstić information content (AvgIpc) is 3.27. The van der Waals surface area contributed by atoms with Crippen molar-refractivity contribution in [3.05, 3.63) is 11.5 Å². The molecule has 0 amide bonds. The Bertz CT molecular complexity index is 655. The number of nitrogens with zero attached hydrogens (tertiary/aromatic N) is 5. The minimum absolute atomic E-state index is 0.554. The molecular weight excluding hydrogens is 254 g/mol. The van der Waals surface area contributed by atoms with E-state index in [0.717, 1.165) is 54.7 Å². The van der Waals surface area contributed by atoms with Crippen molar-refractivity contribution in [1.29, 1.82) is 0 Å². The van der Waals surface area contributed by atoms with Crippen molar-refractivity contribution in [2.24, 2.45) is 7.05 Å². The molecule has 2 aliphatic rings. The number of fused-ring (bicyclic) bond motifs is 1.